The lowest BCUT2D eigenvalue weighted by Gasteiger charge is -2.16. The highest BCUT2D eigenvalue weighted by atomic mass is 35.5. The Morgan fingerprint density at radius 3 is 2.70 bits per heavy atom. The van der Waals surface area contributed by atoms with Gasteiger partial charge < -0.3 is 15.4 Å². The molecule has 0 radical (unpaired) electrons. The number of nitrogens with one attached hydrogen (secondary N) is 3. The second-order valence-corrected chi connectivity index (χ2v) is 7.96. The third-order valence-corrected chi connectivity index (χ3v) is 5.45. The molecule has 0 bridgehead atoms. The van der Waals surface area contributed by atoms with E-state index in [9.17, 15) is 4.79 Å². The van der Waals surface area contributed by atoms with E-state index in [1.165, 1.54) is 0 Å². The standard InChI is InChI=1S/C23H31ClN6O3/c1-4-18(33-26-3)11-13-28-22(31)20-21(25-2)29-23(32-19-6-5-12-27-14-19)30(20)15-16-7-9-17(24)10-8-16/h7-10,12,14,18,25-26H,4-6,11,13,15H2,1-3H3,(H,28,31). The van der Waals surface area contributed by atoms with E-state index in [1.807, 2.05) is 37.4 Å². The maximum atomic E-state index is 13.2. The second kappa shape index (κ2) is 12.4. The van der Waals surface area contributed by atoms with Gasteiger partial charge in [0, 0.05) is 38.3 Å². The number of rotatable bonds is 12. The van der Waals surface area contributed by atoms with E-state index in [1.54, 1.807) is 24.9 Å². The molecule has 0 aliphatic carbocycles. The van der Waals surface area contributed by atoms with Crippen molar-refractivity contribution in [3.63, 3.8) is 0 Å². The van der Waals surface area contributed by atoms with Crippen LogP contribution in [0.15, 0.2) is 41.2 Å². The molecule has 0 saturated heterocycles. The summed E-state index contributed by atoms with van der Waals surface area (Å²) in [4.78, 5) is 27.4. The maximum absolute atomic E-state index is 13.2. The summed E-state index contributed by atoms with van der Waals surface area (Å²) in [5, 5.41) is 6.66. The fourth-order valence-electron chi connectivity index (χ4n) is 3.45. The Kier molecular flexibility index (Phi) is 9.29. The quantitative estimate of drug-likeness (QED) is 0.405. The Balaban J connectivity index is 1.87. The predicted octanol–water partition coefficient (Wildman–Crippen LogP) is 3.76. The molecule has 0 fully saturated rings. The number of nitrogens with zero attached hydrogens (tertiary/aromatic N) is 3. The molecule has 9 nitrogen and oxygen atoms in total. The summed E-state index contributed by atoms with van der Waals surface area (Å²) in [6.07, 6.45) is 6.56. The molecule has 178 valence electrons. The maximum Gasteiger partial charge on any atom is 0.304 e. The van der Waals surface area contributed by atoms with Gasteiger partial charge in [-0.3, -0.25) is 19.2 Å². The van der Waals surface area contributed by atoms with Crippen LogP contribution in [0.1, 0.15) is 48.7 Å². The van der Waals surface area contributed by atoms with Crippen molar-refractivity contribution in [1.29, 1.82) is 0 Å². The van der Waals surface area contributed by atoms with Crippen LogP contribution in [0, 0.1) is 0 Å². The van der Waals surface area contributed by atoms with Crippen LogP contribution >= 0.6 is 11.6 Å². The van der Waals surface area contributed by atoms with E-state index in [2.05, 4.69) is 26.1 Å². The Morgan fingerprint density at radius 1 is 1.27 bits per heavy atom. The number of amides is 1. The van der Waals surface area contributed by atoms with Gasteiger partial charge in [0.15, 0.2) is 11.5 Å². The number of aliphatic imine (C=N–C) groups is 1. The van der Waals surface area contributed by atoms with E-state index >= 15 is 0 Å². The van der Waals surface area contributed by atoms with Crippen molar-refractivity contribution < 1.29 is 14.4 Å². The fraction of sp³-hybridized carbons (Fsp3) is 0.435. The van der Waals surface area contributed by atoms with Crippen LogP contribution in [-0.4, -0.2) is 48.4 Å². The van der Waals surface area contributed by atoms with Gasteiger partial charge in [0.05, 0.1) is 18.8 Å². The summed E-state index contributed by atoms with van der Waals surface area (Å²) in [5.74, 6) is 0.893. The molecule has 0 saturated carbocycles. The third-order valence-electron chi connectivity index (χ3n) is 5.20. The highest BCUT2D eigenvalue weighted by Gasteiger charge is 2.25. The first-order chi connectivity index (χ1) is 16.0. The van der Waals surface area contributed by atoms with Gasteiger partial charge in [-0.2, -0.15) is 4.98 Å². The highest BCUT2D eigenvalue weighted by Crippen LogP contribution is 2.27. The van der Waals surface area contributed by atoms with Crippen molar-refractivity contribution in [3.05, 3.63) is 52.5 Å². The molecule has 33 heavy (non-hydrogen) atoms. The molecule has 1 aliphatic rings. The number of anilines is 1. The molecule has 3 N–H and O–H groups in total. The van der Waals surface area contributed by atoms with Gasteiger partial charge in [-0.05, 0) is 37.0 Å². The Bertz CT molecular complexity index is 987. The minimum Gasteiger partial charge on any atom is -0.428 e. The van der Waals surface area contributed by atoms with Crippen molar-refractivity contribution in [1.82, 2.24) is 20.3 Å². The zero-order valence-electron chi connectivity index (χ0n) is 19.2. The lowest BCUT2D eigenvalue weighted by atomic mass is 10.2. The van der Waals surface area contributed by atoms with Crippen LogP contribution in [0.5, 0.6) is 6.01 Å². The molecular formula is C23H31ClN6O3. The predicted molar refractivity (Wildman–Crippen MR) is 130 cm³/mol. The smallest absolute Gasteiger partial charge is 0.304 e. The highest BCUT2D eigenvalue weighted by molar-refractivity contribution is 6.30. The third kappa shape index (κ3) is 6.80. The molecule has 1 aromatic heterocycles. The number of hydrogen-bond acceptors (Lipinski definition) is 7. The Hall–Kier alpha value is -2.88. The number of carbonyl (C=O) groups is 1. The Labute approximate surface area is 199 Å². The number of imidazole rings is 1. The number of hydrogen-bond donors (Lipinski definition) is 3. The summed E-state index contributed by atoms with van der Waals surface area (Å²) in [6, 6.07) is 7.79. The monoisotopic (exact) mass is 474 g/mol. The molecule has 2 aromatic rings. The van der Waals surface area contributed by atoms with Crippen molar-refractivity contribution in [2.75, 3.05) is 26.0 Å². The van der Waals surface area contributed by atoms with E-state index in [4.69, 9.17) is 21.2 Å². The number of hydroxylamine groups is 1. The molecule has 10 heteroatoms. The number of benzene rings is 1. The zero-order chi connectivity index (χ0) is 23.6. The van der Waals surface area contributed by atoms with Crippen LogP contribution in [-0.2, 0) is 11.4 Å². The van der Waals surface area contributed by atoms with Gasteiger partial charge in [0.1, 0.15) is 5.76 Å². The SMILES string of the molecule is CCC(CCNC(=O)c1c(NC)nc(OC2=CN=CCC2)n1Cc1ccc(Cl)cc1)ONC. The van der Waals surface area contributed by atoms with Crippen molar-refractivity contribution >= 4 is 29.5 Å². The van der Waals surface area contributed by atoms with Crippen LogP contribution in [0.25, 0.3) is 0 Å². The summed E-state index contributed by atoms with van der Waals surface area (Å²) >= 11 is 6.05. The van der Waals surface area contributed by atoms with Crippen LogP contribution in [0.2, 0.25) is 5.02 Å². The number of allylic oxidation sites excluding steroid dienone is 1. The van der Waals surface area contributed by atoms with Crippen molar-refractivity contribution in [3.8, 4) is 6.01 Å². The average Bonchev–Trinajstić information content (AvgIpc) is 3.17. The molecule has 1 unspecified atom stereocenters. The first-order valence-corrected chi connectivity index (χ1v) is 11.4. The summed E-state index contributed by atoms with van der Waals surface area (Å²) < 4.78 is 7.84. The lowest BCUT2D eigenvalue weighted by Crippen LogP contribution is -2.31. The van der Waals surface area contributed by atoms with E-state index in [0.29, 0.717) is 47.8 Å². The van der Waals surface area contributed by atoms with E-state index < -0.39 is 0 Å². The second-order valence-electron chi connectivity index (χ2n) is 7.52. The number of ether oxygens (including phenoxy) is 1. The van der Waals surface area contributed by atoms with Gasteiger partial charge in [-0.25, -0.2) is 5.48 Å². The van der Waals surface area contributed by atoms with Crippen molar-refractivity contribution in [2.24, 2.45) is 4.99 Å². The topological polar surface area (TPSA) is 102 Å². The first-order valence-electron chi connectivity index (χ1n) is 11.1. The lowest BCUT2D eigenvalue weighted by molar-refractivity contribution is -0.0174. The first kappa shape index (κ1) is 24.8. The molecule has 1 aromatic carbocycles. The van der Waals surface area contributed by atoms with Crippen LogP contribution in [0.3, 0.4) is 0 Å². The van der Waals surface area contributed by atoms with Gasteiger partial charge >= 0.3 is 6.01 Å². The van der Waals surface area contributed by atoms with Crippen LogP contribution < -0.4 is 20.9 Å². The molecule has 0 spiro atoms. The fourth-order valence-corrected chi connectivity index (χ4v) is 3.58. The number of carbonyl (C=O) groups excluding carboxylic acids is 1. The largest absolute Gasteiger partial charge is 0.428 e. The average molecular weight is 475 g/mol. The summed E-state index contributed by atoms with van der Waals surface area (Å²) in [7, 11) is 3.46. The van der Waals surface area contributed by atoms with Gasteiger partial charge in [0.25, 0.3) is 5.91 Å². The molecule has 3 rings (SSSR count). The Morgan fingerprint density at radius 2 is 2.06 bits per heavy atom. The van der Waals surface area contributed by atoms with Gasteiger partial charge in [0.2, 0.25) is 0 Å². The summed E-state index contributed by atoms with van der Waals surface area (Å²) in [5.41, 5.74) is 4.07. The zero-order valence-corrected chi connectivity index (χ0v) is 20.0. The van der Waals surface area contributed by atoms with E-state index in [0.717, 1.165) is 24.8 Å². The van der Waals surface area contributed by atoms with E-state index in [-0.39, 0.29) is 12.0 Å². The molecular weight excluding hydrogens is 444 g/mol. The van der Waals surface area contributed by atoms with Gasteiger partial charge in [-0.1, -0.05) is 30.7 Å². The molecule has 2 heterocycles. The molecule has 1 amide bonds. The summed E-state index contributed by atoms with van der Waals surface area (Å²) in [6.45, 7) is 2.89. The number of aromatic nitrogens is 2. The minimum absolute atomic E-state index is 0.00994. The van der Waals surface area contributed by atoms with Crippen molar-refractivity contribution in [2.45, 2.75) is 45.3 Å². The number of halogens is 1. The molecule has 1 aliphatic heterocycles. The normalized spacial score (nSPS) is 14.0. The molecule has 1 atom stereocenters. The van der Waals surface area contributed by atoms with Crippen LogP contribution in [0.4, 0.5) is 5.82 Å². The minimum atomic E-state index is -0.245. The van der Waals surface area contributed by atoms with Gasteiger partial charge in [-0.15, -0.1) is 0 Å².